The van der Waals surface area contributed by atoms with Gasteiger partial charge in [-0.1, -0.05) is 6.07 Å². The van der Waals surface area contributed by atoms with Gasteiger partial charge in [-0.15, -0.1) is 0 Å². The Morgan fingerprint density at radius 1 is 1.48 bits per heavy atom. The van der Waals surface area contributed by atoms with Crippen molar-refractivity contribution in [2.45, 2.75) is 30.5 Å². The van der Waals surface area contributed by atoms with Gasteiger partial charge in [-0.3, -0.25) is 9.20 Å². The molecule has 3 rings (SSSR count). The number of nitrogens with one attached hydrogen (secondary N) is 1. The van der Waals surface area contributed by atoms with Crippen LogP contribution in [-0.2, 0) is 14.6 Å². The zero-order valence-electron chi connectivity index (χ0n) is 12.9. The van der Waals surface area contributed by atoms with Crippen molar-refractivity contribution in [3.63, 3.8) is 0 Å². The summed E-state index contributed by atoms with van der Waals surface area (Å²) in [7, 11) is -3.52. The van der Waals surface area contributed by atoms with E-state index in [-0.39, 0.29) is 22.9 Å². The maximum atomic E-state index is 12.4. The largest absolute Gasteiger partial charge is 0.378 e. The van der Waals surface area contributed by atoms with Crippen molar-refractivity contribution < 1.29 is 17.9 Å². The number of carbonyl (C=O) groups is 1. The number of hydrogen-bond donors (Lipinski definition) is 1. The first kappa shape index (κ1) is 15.9. The van der Waals surface area contributed by atoms with Crippen LogP contribution in [0.3, 0.4) is 0 Å². The van der Waals surface area contributed by atoms with Crippen LogP contribution in [0.4, 0.5) is 0 Å². The minimum atomic E-state index is -3.52. The van der Waals surface area contributed by atoms with Crippen LogP contribution in [0.25, 0.3) is 5.52 Å². The molecule has 1 fully saturated rings. The van der Waals surface area contributed by atoms with Crippen molar-refractivity contribution in [1.82, 2.24) is 14.7 Å². The maximum Gasteiger partial charge on any atom is 0.272 e. The molecule has 0 unspecified atom stereocenters. The SMILES string of the molecule is CS(=O)(=O)c1nc(C(=O)NCC[C@H]2CCCO2)c2ccccn12. The average Bonchev–Trinajstić information content (AvgIpc) is 3.13. The molecule has 0 spiro atoms. The van der Waals surface area contributed by atoms with Gasteiger partial charge in [0.25, 0.3) is 5.91 Å². The number of sulfone groups is 1. The summed E-state index contributed by atoms with van der Waals surface area (Å²) in [6.07, 6.45) is 5.68. The van der Waals surface area contributed by atoms with Gasteiger partial charge in [-0.05, 0) is 31.4 Å². The fourth-order valence-corrected chi connectivity index (χ4v) is 3.51. The topological polar surface area (TPSA) is 89.8 Å². The molecular weight excluding hydrogens is 318 g/mol. The Bertz CT molecular complexity index is 822. The lowest BCUT2D eigenvalue weighted by atomic mass is 10.2. The lowest BCUT2D eigenvalue weighted by Gasteiger charge is -2.09. The van der Waals surface area contributed by atoms with Crippen LogP contribution < -0.4 is 5.32 Å². The molecule has 23 heavy (non-hydrogen) atoms. The number of aromatic nitrogens is 2. The second kappa shape index (κ2) is 6.29. The molecule has 124 valence electrons. The fraction of sp³-hybridized carbons (Fsp3) is 0.467. The smallest absolute Gasteiger partial charge is 0.272 e. The van der Waals surface area contributed by atoms with E-state index in [4.69, 9.17) is 4.74 Å². The Morgan fingerprint density at radius 2 is 2.30 bits per heavy atom. The van der Waals surface area contributed by atoms with E-state index in [9.17, 15) is 13.2 Å². The Kier molecular flexibility index (Phi) is 4.36. The minimum absolute atomic E-state index is 0.123. The van der Waals surface area contributed by atoms with Gasteiger partial charge in [0.15, 0.2) is 5.69 Å². The third-order valence-electron chi connectivity index (χ3n) is 3.84. The number of rotatable bonds is 5. The lowest BCUT2D eigenvalue weighted by molar-refractivity contribution is 0.0904. The molecule has 1 aliphatic heterocycles. The van der Waals surface area contributed by atoms with Crippen molar-refractivity contribution in [2.75, 3.05) is 19.4 Å². The number of fused-ring (bicyclic) bond motifs is 1. The first-order valence-electron chi connectivity index (χ1n) is 7.54. The summed E-state index contributed by atoms with van der Waals surface area (Å²) < 4.78 is 30.6. The molecule has 1 N–H and O–H groups in total. The molecule has 3 heterocycles. The van der Waals surface area contributed by atoms with Gasteiger partial charge >= 0.3 is 0 Å². The first-order chi connectivity index (χ1) is 11.0. The number of carbonyl (C=O) groups excluding carboxylic acids is 1. The molecule has 8 heteroatoms. The van der Waals surface area contributed by atoms with E-state index in [2.05, 4.69) is 10.3 Å². The summed E-state index contributed by atoms with van der Waals surface area (Å²) in [4.78, 5) is 16.4. The van der Waals surface area contributed by atoms with E-state index in [1.165, 1.54) is 4.40 Å². The molecule has 0 saturated carbocycles. The number of ether oxygens (including phenoxy) is 1. The predicted molar refractivity (Wildman–Crippen MR) is 84.2 cm³/mol. The molecular formula is C15H19N3O4S. The van der Waals surface area contributed by atoms with Crippen molar-refractivity contribution in [3.05, 3.63) is 30.1 Å². The Hall–Kier alpha value is -1.93. The highest BCUT2D eigenvalue weighted by Crippen LogP contribution is 2.17. The number of amides is 1. The summed E-state index contributed by atoms with van der Waals surface area (Å²) in [6.45, 7) is 1.26. The molecule has 1 atom stereocenters. The molecule has 2 aromatic heterocycles. The highest BCUT2D eigenvalue weighted by atomic mass is 32.2. The van der Waals surface area contributed by atoms with Crippen molar-refractivity contribution in [1.29, 1.82) is 0 Å². The Balaban J connectivity index is 1.80. The molecule has 1 saturated heterocycles. The normalized spacial score (nSPS) is 18.4. The van der Waals surface area contributed by atoms with Gasteiger partial charge in [0.1, 0.15) is 0 Å². The molecule has 2 aromatic rings. The third kappa shape index (κ3) is 3.37. The van der Waals surface area contributed by atoms with E-state index >= 15 is 0 Å². The minimum Gasteiger partial charge on any atom is -0.378 e. The molecule has 1 aliphatic rings. The second-order valence-corrected chi connectivity index (χ2v) is 7.56. The van der Waals surface area contributed by atoms with Gasteiger partial charge in [0.2, 0.25) is 15.0 Å². The van der Waals surface area contributed by atoms with E-state index in [1.807, 2.05) is 0 Å². The van der Waals surface area contributed by atoms with Crippen LogP contribution >= 0.6 is 0 Å². The number of nitrogens with zero attached hydrogens (tertiary/aromatic N) is 2. The van der Waals surface area contributed by atoms with Crippen LogP contribution in [0, 0.1) is 0 Å². The quantitative estimate of drug-likeness (QED) is 0.880. The average molecular weight is 337 g/mol. The monoisotopic (exact) mass is 337 g/mol. The zero-order chi connectivity index (χ0) is 16.4. The van der Waals surface area contributed by atoms with E-state index in [1.54, 1.807) is 24.4 Å². The maximum absolute atomic E-state index is 12.4. The summed E-state index contributed by atoms with van der Waals surface area (Å²) >= 11 is 0. The molecule has 0 aromatic carbocycles. The Labute approximate surface area is 134 Å². The molecule has 7 nitrogen and oxygen atoms in total. The van der Waals surface area contributed by atoms with Crippen LogP contribution in [0.15, 0.2) is 29.6 Å². The number of pyridine rings is 1. The zero-order valence-corrected chi connectivity index (χ0v) is 13.7. The van der Waals surface area contributed by atoms with E-state index in [0.717, 1.165) is 32.1 Å². The summed E-state index contributed by atoms with van der Waals surface area (Å²) in [5, 5.41) is 2.67. The highest BCUT2D eigenvalue weighted by molar-refractivity contribution is 7.90. The Morgan fingerprint density at radius 3 is 3.00 bits per heavy atom. The van der Waals surface area contributed by atoms with Crippen molar-refractivity contribution in [3.8, 4) is 0 Å². The van der Waals surface area contributed by atoms with Gasteiger partial charge in [0, 0.05) is 25.6 Å². The summed E-state index contributed by atoms with van der Waals surface area (Å²) in [6, 6.07) is 5.12. The molecule has 0 bridgehead atoms. The van der Waals surface area contributed by atoms with Crippen LogP contribution in [0.2, 0.25) is 0 Å². The van der Waals surface area contributed by atoms with Gasteiger partial charge in [-0.25, -0.2) is 13.4 Å². The standard InChI is InChI=1S/C15H19N3O4S/c1-23(20,21)15-17-13(12-6-2-3-9-18(12)15)14(19)16-8-7-11-5-4-10-22-11/h2-3,6,9,11H,4-5,7-8,10H2,1H3,(H,16,19)/t11-/m1/s1. The number of imidazole rings is 1. The van der Waals surface area contributed by atoms with Crippen LogP contribution in [0.1, 0.15) is 29.8 Å². The van der Waals surface area contributed by atoms with E-state index in [0.29, 0.717) is 12.1 Å². The first-order valence-corrected chi connectivity index (χ1v) is 9.43. The summed E-state index contributed by atoms with van der Waals surface area (Å²) in [5.74, 6) is -0.374. The van der Waals surface area contributed by atoms with Crippen molar-refractivity contribution in [2.24, 2.45) is 0 Å². The van der Waals surface area contributed by atoms with Crippen LogP contribution in [0.5, 0.6) is 0 Å². The molecule has 0 aliphatic carbocycles. The van der Waals surface area contributed by atoms with Gasteiger partial charge in [0.05, 0.1) is 11.6 Å². The second-order valence-electron chi connectivity index (χ2n) is 5.65. The molecule has 0 radical (unpaired) electrons. The van der Waals surface area contributed by atoms with Gasteiger partial charge in [-0.2, -0.15) is 0 Å². The van der Waals surface area contributed by atoms with Crippen molar-refractivity contribution >= 4 is 21.3 Å². The predicted octanol–water partition coefficient (Wildman–Crippen LogP) is 1.04. The summed E-state index contributed by atoms with van der Waals surface area (Å²) in [5.41, 5.74) is 0.598. The van der Waals surface area contributed by atoms with E-state index < -0.39 is 9.84 Å². The van der Waals surface area contributed by atoms with Crippen LogP contribution in [-0.4, -0.2) is 49.2 Å². The highest BCUT2D eigenvalue weighted by Gasteiger charge is 2.23. The molecule has 1 amide bonds. The number of hydrogen-bond acceptors (Lipinski definition) is 5. The fourth-order valence-electron chi connectivity index (χ4n) is 2.74. The third-order valence-corrected chi connectivity index (χ3v) is 4.79. The van der Waals surface area contributed by atoms with Gasteiger partial charge < -0.3 is 10.1 Å². The lowest BCUT2D eigenvalue weighted by Crippen LogP contribution is -2.27.